The van der Waals surface area contributed by atoms with Crippen molar-refractivity contribution in [3.63, 3.8) is 0 Å². The monoisotopic (exact) mass is 450 g/mol. The minimum Gasteiger partial charge on any atom is -0.380 e. The number of imidazole rings is 1. The molecule has 1 N–H and O–H groups in total. The van der Waals surface area contributed by atoms with Gasteiger partial charge in [-0.25, -0.2) is 13.4 Å². The van der Waals surface area contributed by atoms with Crippen LogP contribution in [0.3, 0.4) is 0 Å². The number of alkyl halides is 3. The van der Waals surface area contributed by atoms with Gasteiger partial charge in [0.05, 0.1) is 11.9 Å². The fraction of sp³-hybridized carbons (Fsp3) is 0.286. The third kappa shape index (κ3) is 4.31. The molecule has 0 saturated carbocycles. The Morgan fingerprint density at radius 3 is 2.35 bits per heavy atom. The number of nitrogens with one attached hydrogen (secondary N) is 1. The van der Waals surface area contributed by atoms with Crippen LogP contribution in [0.5, 0.6) is 0 Å². The van der Waals surface area contributed by atoms with Crippen LogP contribution < -0.4 is 5.32 Å². The number of hydrogen-bond acceptors (Lipinski definition) is 4. The first-order chi connectivity index (χ1) is 14.7. The number of para-hydroxylation sites is 1. The number of rotatable bonds is 5. The summed E-state index contributed by atoms with van der Waals surface area (Å²) in [4.78, 5) is 3.95. The maximum absolute atomic E-state index is 13.5. The highest BCUT2D eigenvalue weighted by atomic mass is 32.2. The largest absolute Gasteiger partial charge is 0.418 e. The van der Waals surface area contributed by atoms with Gasteiger partial charge in [-0.3, -0.25) is 0 Å². The summed E-state index contributed by atoms with van der Waals surface area (Å²) in [5.74, 6) is -0.332. The van der Waals surface area contributed by atoms with E-state index >= 15 is 0 Å². The molecule has 3 aromatic rings. The molecule has 1 aromatic heterocycles. The summed E-state index contributed by atoms with van der Waals surface area (Å²) in [6.07, 6.45) is -1.72. The van der Waals surface area contributed by atoms with Crippen molar-refractivity contribution in [2.24, 2.45) is 7.05 Å². The quantitative estimate of drug-likeness (QED) is 0.644. The van der Waals surface area contributed by atoms with Crippen LogP contribution in [0.2, 0.25) is 0 Å². The topological polar surface area (TPSA) is 67.2 Å². The van der Waals surface area contributed by atoms with Crippen LogP contribution in [0.1, 0.15) is 17.0 Å². The molecular formula is C21H21F3N4O2S. The van der Waals surface area contributed by atoms with Gasteiger partial charge in [-0.1, -0.05) is 42.5 Å². The van der Waals surface area contributed by atoms with Crippen molar-refractivity contribution >= 4 is 15.7 Å². The molecule has 0 spiro atoms. The smallest absolute Gasteiger partial charge is 0.380 e. The molecule has 0 amide bonds. The molecule has 1 aliphatic rings. The molecule has 1 saturated heterocycles. The summed E-state index contributed by atoms with van der Waals surface area (Å²) in [5, 5.41) is 2.89. The van der Waals surface area contributed by atoms with Gasteiger partial charge in [0.15, 0.2) is 5.03 Å². The highest BCUT2D eigenvalue weighted by molar-refractivity contribution is 7.89. The molecule has 2 heterocycles. The minimum absolute atomic E-state index is 0.0185. The minimum atomic E-state index is -4.52. The number of hydrogen-bond donors (Lipinski definition) is 1. The van der Waals surface area contributed by atoms with Crippen LogP contribution in [0.4, 0.5) is 18.9 Å². The summed E-state index contributed by atoms with van der Waals surface area (Å²) in [6.45, 7) is 0.152. The average Bonchev–Trinajstić information content (AvgIpc) is 3.36. The number of anilines is 1. The number of sulfonamides is 1. The highest BCUT2D eigenvalue weighted by Crippen LogP contribution is 2.38. The summed E-state index contributed by atoms with van der Waals surface area (Å²) in [7, 11) is -2.22. The number of nitrogens with zero attached hydrogens (tertiary/aromatic N) is 3. The summed E-state index contributed by atoms with van der Waals surface area (Å²) in [5.41, 5.74) is -0.00549. The highest BCUT2D eigenvalue weighted by Gasteiger charge is 2.42. The Morgan fingerprint density at radius 1 is 1.03 bits per heavy atom. The maximum atomic E-state index is 13.5. The van der Waals surface area contributed by atoms with Gasteiger partial charge in [-0.05, 0) is 17.7 Å². The Kier molecular flexibility index (Phi) is 5.52. The van der Waals surface area contributed by atoms with Gasteiger partial charge in [0.25, 0.3) is 10.0 Å². The summed E-state index contributed by atoms with van der Waals surface area (Å²) in [6, 6.07) is 13.9. The molecule has 6 nitrogen and oxygen atoms in total. The molecule has 2 aromatic carbocycles. The standard InChI is InChI=1S/C21H21F3N4O2S/c1-27-13-20(25-14-27)31(29,30)28-11-16(15-7-3-2-4-8-15)19(12-28)26-18-10-6-5-9-17(18)21(22,23)24/h2-10,13-14,16,19,26H,11-12H2,1H3/t16-,19+/m1/s1. The summed E-state index contributed by atoms with van der Waals surface area (Å²) >= 11 is 0. The van der Waals surface area contributed by atoms with Gasteiger partial charge in [-0.15, -0.1) is 0 Å². The van der Waals surface area contributed by atoms with Crippen molar-refractivity contribution in [3.8, 4) is 0 Å². The molecular weight excluding hydrogens is 429 g/mol. The Labute approximate surface area is 178 Å². The molecule has 10 heteroatoms. The van der Waals surface area contributed by atoms with Gasteiger partial charge >= 0.3 is 6.18 Å². The molecule has 0 radical (unpaired) electrons. The van der Waals surface area contributed by atoms with Crippen LogP contribution in [-0.2, 0) is 23.2 Å². The van der Waals surface area contributed by atoms with Gasteiger partial charge in [0.2, 0.25) is 0 Å². The zero-order chi connectivity index (χ0) is 22.2. The lowest BCUT2D eigenvalue weighted by Crippen LogP contribution is -2.32. The summed E-state index contributed by atoms with van der Waals surface area (Å²) < 4.78 is 69.4. The van der Waals surface area contributed by atoms with E-state index < -0.39 is 27.8 Å². The first-order valence-electron chi connectivity index (χ1n) is 9.62. The first kappa shape index (κ1) is 21.4. The van der Waals surface area contributed by atoms with Gasteiger partial charge in [0, 0.05) is 44.0 Å². The van der Waals surface area contributed by atoms with Crippen LogP contribution in [0, 0.1) is 0 Å². The van der Waals surface area contributed by atoms with Crippen molar-refractivity contribution in [1.29, 1.82) is 0 Å². The van der Waals surface area contributed by atoms with Crippen LogP contribution >= 0.6 is 0 Å². The Bertz CT molecular complexity index is 1160. The molecule has 2 atom stereocenters. The van der Waals surface area contributed by atoms with Crippen molar-refractivity contribution in [2.75, 3.05) is 18.4 Å². The molecule has 0 unspecified atom stereocenters. The van der Waals surface area contributed by atoms with Crippen molar-refractivity contribution in [3.05, 3.63) is 78.2 Å². The van der Waals surface area contributed by atoms with E-state index in [1.54, 1.807) is 7.05 Å². The molecule has 1 fully saturated rings. The molecule has 0 aliphatic carbocycles. The number of aryl methyl sites for hydroxylation is 1. The van der Waals surface area contributed by atoms with E-state index in [1.165, 1.54) is 39.6 Å². The normalized spacial score (nSPS) is 20.1. The predicted octanol–water partition coefficient (Wildman–Crippen LogP) is 3.71. The first-order valence-corrected chi connectivity index (χ1v) is 11.1. The van der Waals surface area contributed by atoms with E-state index in [4.69, 9.17) is 0 Å². The van der Waals surface area contributed by atoms with Gasteiger partial charge in [0.1, 0.15) is 0 Å². The fourth-order valence-corrected chi connectivity index (χ4v) is 5.32. The third-order valence-corrected chi connectivity index (χ3v) is 7.09. The van der Waals surface area contributed by atoms with Crippen LogP contribution in [0.25, 0.3) is 0 Å². The van der Waals surface area contributed by atoms with Gasteiger partial charge < -0.3 is 9.88 Å². The van der Waals surface area contributed by atoms with E-state index in [9.17, 15) is 21.6 Å². The number of benzene rings is 2. The predicted molar refractivity (Wildman–Crippen MR) is 110 cm³/mol. The SMILES string of the molecule is Cn1cnc(S(=O)(=O)N2C[C@H](Nc3ccccc3C(F)(F)F)[C@@H](c3ccccc3)C2)c1. The zero-order valence-electron chi connectivity index (χ0n) is 16.6. The molecule has 0 bridgehead atoms. The van der Waals surface area contributed by atoms with E-state index in [0.717, 1.165) is 11.6 Å². The second kappa shape index (κ2) is 8.01. The molecule has 31 heavy (non-hydrogen) atoms. The zero-order valence-corrected chi connectivity index (χ0v) is 17.4. The average molecular weight is 450 g/mol. The van der Waals surface area contributed by atoms with E-state index in [-0.39, 0.29) is 29.7 Å². The van der Waals surface area contributed by atoms with Crippen LogP contribution in [0.15, 0.2) is 72.1 Å². The lowest BCUT2D eigenvalue weighted by Gasteiger charge is -2.23. The van der Waals surface area contributed by atoms with E-state index in [0.29, 0.717) is 0 Å². The Balaban J connectivity index is 1.69. The second-order valence-electron chi connectivity index (χ2n) is 7.51. The Hall–Kier alpha value is -2.85. The van der Waals surface area contributed by atoms with E-state index in [1.807, 2.05) is 30.3 Å². The maximum Gasteiger partial charge on any atom is 0.418 e. The van der Waals surface area contributed by atoms with Crippen LogP contribution in [-0.4, -0.2) is 41.4 Å². The van der Waals surface area contributed by atoms with Crippen molar-refractivity contribution in [1.82, 2.24) is 13.9 Å². The van der Waals surface area contributed by atoms with Gasteiger partial charge in [-0.2, -0.15) is 17.5 Å². The number of halogens is 3. The Morgan fingerprint density at radius 2 is 1.71 bits per heavy atom. The lowest BCUT2D eigenvalue weighted by atomic mass is 9.94. The van der Waals surface area contributed by atoms with Crippen molar-refractivity contribution in [2.45, 2.75) is 23.2 Å². The second-order valence-corrected chi connectivity index (χ2v) is 9.40. The fourth-order valence-electron chi connectivity index (χ4n) is 3.86. The van der Waals surface area contributed by atoms with E-state index in [2.05, 4.69) is 10.3 Å². The lowest BCUT2D eigenvalue weighted by molar-refractivity contribution is -0.137. The third-order valence-electron chi connectivity index (χ3n) is 5.37. The molecule has 1 aliphatic heterocycles. The van der Waals surface area contributed by atoms with Crippen molar-refractivity contribution < 1.29 is 21.6 Å². The number of aromatic nitrogens is 2. The molecule has 4 rings (SSSR count). The molecule has 164 valence electrons.